The number of esters is 1. The number of rotatable bonds is 45. The van der Waals surface area contributed by atoms with Gasteiger partial charge in [-0.05, 0) is 83.5 Å². The standard InChI is InChI=1S/C51H95NO5/c1-3-5-7-9-11-13-15-16-17-18-19-20-24-27-31-35-39-43-49(54)48(47-53)52-50(55)44-40-36-32-28-25-21-22-26-30-34-38-42-46-57-51(56)45-41-37-33-29-23-14-12-10-8-6-4-2/h10,12,22,26,39,43,48-49,53-54H,3-9,11,13-21,23-25,27-38,40-42,44-47H2,1-2H3,(H,52,55)/b12-10-,26-22-,43-39+. The number of ether oxygens (including phenoxy) is 1. The van der Waals surface area contributed by atoms with Crippen molar-refractivity contribution in [1.82, 2.24) is 5.32 Å². The van der Waals surface area contributed by atoms with Crippen LogP contribution in [-0.4, -0.2) is 47.4 Å². The Bertz CT molecular complexity index is 931. The van der Waals surface area contributed by atoms with Crippen LogP contribution in [0.5, 0.6) is 0 Å². The zero-order valence-corrected chi connectivity index (χ0v) is 37.8. The summed E-state index contributed by atoms with van der Waals surface area (Å²) < 4.78 is 5.41. The second kappa shape index (κ2) is 46.8. The van der Waals surface area contributed by atoms with Crippen LogP contribution in [0, 0.1) is 0 Å². The number of hydrogen-bond donors (Lipinski definition) is 3. The Hall–Kier alpha value is -1.92. The fraction of sp³-hybridized carbons (Fsp3) is 0.843. The number of hydrogen-bond acceptors (Lipinski definition) is 5. The van der Waals surface area contributed by atoms with Gasteiger partial charge in [0.2, 0.25) is 5.91 Å². The number of carbonyl (C=O) groups excluding carboxylic acids is 2. The Morgan fingerprint density at radius 1 is 0.474 bits per heavy atom. The molecule has 0 aliphatic heterocycles. The monoisotopic (exact) mass is 802 g/mol. The third-order valence-corrected chi connectivity index (χ3v) is 11.1. The molecule has 0 aromatic rings. The van der Waals surface area contributed by atoms with E-state index in [1.165, 1.54) is 141 Å². The van der Waals surface area contributed by atoms with Crippen molar-refractivity contribution in [1.29, 1.82) is 0 Å². The van der Waals surface area contributed by atoms with E-state index in [1.54, 1.807) is 6.08 Å². The molecule has 6 heteroatoms. The van der Waals surface area contributed by atoms with Gasteiger partial charge in [-0.1, -0.05) is 192 Å². The van der Waals surface area contributed by atoms with Crippen molar-refractivity contribution < 1.29 is 24.5 Å². The van der Waals surface area contributed by atoms with E-state index < -0.39 is 12.1 Å². The Kier molecular flexibility index (Phi) is 45.2. The summed E-state index contributed by atoms with van der Waals surface area (Å²) in [5.41, 5.74) is 0. The molecule has 1 amide bonds. The molecule has 0 rings (SSSR count). The van der Waals surface area contributed by atoms with Crippen LogP contribution in [0.1, 0.15) is 251 Å². The van der Waals surface area contributed by atoms with Crippen LogP contribution >= 0.6 is 0 Å². The van der Waals surface area contributed by atoms with E-state index in [9.17, 15) is 19.8 Å². The largest absolute Gasteiger partial charge is 0.466 e. The molecule has 3 N–H and O–H groups in total. The Balaban J connectivity index is 3.57. The Morgan fingerprint density at radius 2 is 0.842 bits per heavy atom. The molecule has 0 heterocycles. The fourth-order valence-electron chi connectivity index (χ4n) is 7.25. The first kappa shape index (κ1) is 55.1. The van der Waals surface area contributed by atoms with Crippen molar-refractivity contribution in [3.63, 3.8) is 0 Å². The second-order valence-electron chi connectivity index (χ2n) is 16.8. The summed E-state index contributed by atoms with van der Waals surface area (Å²) in [6.45, 7) is 4.79. The van der Waals surface area contributed by atoms with Crippen LogP contribution in [0.3, 0.4) is 0 Å². The van der Waals surface area contributed by atoms with Crippen molar-refractivity contribution in [2.45, 2.75) is 264 Å². The van der Waals surface area contributed by atoms with E-state index in [0.717, 1.165) is 83.5 Å². The summed E-state index contributed by atoms with van der Waals surface area (Å²) >= 11 is 0. The molecule has 0 fully saturated rings. The molecule has 0 aromatic heterocycles. The highest BCUT2D eigenvalue weighted by atomic mass is 16.5. The highest BCUT2D eigenvalue weighted by Gasteiger charge is 2.18. The number of allylic oxidation sites excluding steroid dienone is 5. The first-order chi connectivity index (χ1) is 28.0. The van der Waals surface area contributed by atoms with E-state index in [-0.39, 0.29) is 18.5 Å². The number of carbonyl (C=O) groups is 2. The van der Waals surface area contributed by atoms with Crippen molar-refractivity contribution in [3.8, 4) is 0 Å². The highest BCUT2D eigenvalue weighted by molar-refractivity contribution is 5.76. The molecule has 0 saturated carbocycles. The molecule has 334 valence electrons. The number of nitrogens with one attached hydrogen (secondary N) is 1. The first-order valence-corrected chi connectivity index (χ1v) is 24.8. The predicted molar refractivity (Wildman–Crippen MR) is 246 cm³/mol. The van der Waals surface area contributed by atoms with Gasteiger partial charge in [-0.3, -0.25) is 9.59 Å². The molecule has 2 atom stereocenters. The number of unbranched alkanes of at least 4 members (excludes halogenated alkanes) is 30. The Labute approximate surface area is 353 Å². The third kappa shape index (κ3) is 43.5. The lowest BCUT2D eigenvalue weighted by molar-refractivity contribution is -0.143. The maximum atomic E-state index is 12.4. The van der Waals surface area contributed by atoms with Crippen LogP contribution in [-0.2, 0) is 14.3 Å². The van der Waals surface area contributed by atoms with Gasteiger partial charge in [-0.2, -0.15) is 0 Å². The van der Waals surface area contributed by atoms with E-state index in [1.807, 2.05) is 6.08 Å². The molecule has 2 unspecified atom stereocenters. The number of aliphatic hydroxyl groups excluding tert-OH is 2. The summed E-state index contributed by atoms with van der Waals surface area (Å²) in [5, 5.41) is 23.0. The summed E-state index contributed by atoms with van der Waals surface area (Å²) in [6, 6.07) is -0.647. The number of aliphatic hydroxyl groups is 2. The molecular weight excluding hydrogens is 707 g/mol. The molecule has 0 aliphatic rings. The summed E-state index contributed by atoms with van der Waals surface area (Å²) in [4.78, 5) is 24.4. The van der Waals surface area contributed by atoms with Gasteiger partial charge in [0.1, 0.15) is 0 Å². The lowest BCUT2D eigenvalue weighted by Gasteiger charge is -2.20. The van der Waals surface area contributed by atoms with E-state index in [0.29, 0.717) is 19.4 Å². The van der Waals surface area contributed by atoms with Crippen molar-refractivity contribution in [2.24, 2.45) is 0 Å². The van der Waals surface area contributed by atoms with E-state index in [4.69, 9.17) is 4.74 Å². The minimum atomic E-state index is -0.861. The average molecular weight is 802 g/mol. The minimum absolute atomic E-state index is 0.0361. The topological polar surface area (TPSA) is 95.9 Å². The van der Waals surface area contributed by atoms with Crippen LogP contribution < -0.4 is 5.32 Å². The highest BCUT2D eigenvalue weighted by Crippen LogP contribution is 2.15. The van der Waals surface area contributed by atoms with Gasteiger partial charge < -0.3 is 20.3 Å². The molecule has 0 radical (unpaired) electrons. The summed E-state index contributed by atoms with van der Waals surface area (Å²) in [5.74, 6) is -0.131. The van der Waals surface area contributed by atoms with Crippen LogP contribution in [0.2, 0.25) is 0 Å². The molecule has 6 nitrogen and oxygen atoms in total. The van der Waals surface area contributed by atoms with Crippen LogP contribution in [0.25, 0.3) is 0 Å². The van der Waals surface area contributed by atoms with Crippen LogP contribution in [0.15, 0.2) is 36.5 Å². The lowest BCUT2D eigenvalue weighted by atomic mass is 10.0. The maximum absolute atomic E-state index is 12.4. The third-order valence-electron chi connectivity index (χ3n) is 11.1. The van der Waals surface area contributed by atoms with Gasteiger partial charge in [0, 0.05) is 12.8 Å². The number of amides is 1. The smallest absolute Gasteiger partial charge is 0.305 e. The lowest BCUT2D eigenvalue weighted by Crippen LogP contribution is -2.45. The summed E-state index contributed by atoms with van der Waals surface area (Å²) in [7, 11) is 0. The van der Waals surface area contributed by atoms with Gasteiger partial charge >= 0.3 is 5.97 Å². The maximum Gasteiger partial charge on any atom is 0.305 e. The van der Waals surface area contributed by atoms with Gasteiger partial charge in [0.05, 0.1) is 25.4 Å². The average Bonchev–Trinajstić information content (AvgIpc) is 3.21. The molecule has 0 aliphatic carbocycles. The van der Waals surface area contributed by atoms with Gasteiger partial charge in [0.25, 0.3) is 0 Å². The van der Waals surface area contributed by atoms with Crippen molar-refractivity contribution >= 4 is 11.9 Å². The van der Waals surface area contributed by atoms with Crippen molar-refractivity contribution in [2.75, 3.05) is 13.2 Å². The molecule has 0 bridgehead atoms. The quantitative estimate of drug-likeness (QED) is 0.0324. The van der Waals surface area contributed by atoms with Crippen LogP contribution in [0.4, 0.5) is 0 Å². The second-order valence-corrected chi connectivity index (χ2v) is 16.8. The fourth-order valence-corrected chi connectivity index (χ4v) is 7.25. The molecule has 0 spiro atoms. The first-order valence-electron chi connectivity index (χ1n) is 24.8. The van der Waals surface area contributed by atoms with Gasteiger partial charge in [-0.15, -0.1) is 0 Å². The van der Waals surface area contributed by atoms with E-state index >= 15 is 0 Å². The SMILES string of the molecule is CCCC/C=C\CCCCCCCC(=O)OCCCCC/C=C\CCCCCCCC(=O)NC(CO)C(O)/C=C/CCCCCCCCCCCCCCCCC. The minimum Gasteiger partial charge on any atom is -0.466 e. The van der Waals surface area contributed by atoms with Crippen molar-refractivity contribution in [3.05, 3.63) is 36.5 Å². The molecule has 57 heavy (non-hydrogen) atoms. The summed E-state index contributed by atoms with van der Waals surface area (Å²) in [6.07, 6.45) is 55.7. The predicted octanol–water partition coefficient (Wildman–Crippen LogP) is 14.5. The molecule has 0 aromatic carbocycles. The zero-order valence-electron chi connectivity index (χ0n) is 37.8. The van der Waals surface area contributed by atoms with E-state index in [2.05, 4.69) is 43.5 Å². The Morgan fingerprint density at radius 3 is 1.30 bits per heavy atom. The molecule has 0 saturated heterocycles. The zero-order chi connectivity index (χ0) is 41.5. The normalized spacial score (nSPS) is 13.0. The van der Waals surface area contributed by atoms with Gasteiger partial charge in [-0.25, -0.2) is 0 Å². The van der Waals surface area contributed by atoms with Gasteiger partial charge in [0.15, 0.2) is 0 Å². The molecular formula is C51H95NO5.